The van der Waals surface area contributed by atoms with E-state index >= 15 is 0 Å². The molecule has 2 aliphatic rings. The first-order valence-corrected chi connectivity index (χ1v) is 8.11. The maximum Gasteiger partial charge on any atom is 0.356 e. The minimum Gasteiger partial charge on any atom is -0.476 e. The molecule has 4 nitrogen and oxygen atoms in total. The lowest BCUT2D eigenvalue weighted by molar-refractivity contribution is 0.0687. The van der Waals surface area contributed by atoms with Crippen LogP contribution >= 0.6 is 0 Å². The summed E-state index contributed by atoms with van der Waals surface area (Å²) in [5.74, 6) is -0.851. The summed E-state index contributed by atoms with van der Waals surface area (Å²) < 4.78 is 2.10. The van der Waals surface area contributed by atoms with Gasteiger partial charge in [-0.05, 0) is 38.5 Å². The van der Waals surface area contributed by atoms with Crippen molar-refractivity contribution in [1.29, 1.82) is 0 Å². The van der Waals surface area contributed by atoms with Gasteiger partial charge in [0, 0.05) is 11.3 Å². The fourth-order valence-corrected chi connectivity index (χ4v) is 3.78. The molecule has 1 aromatic heterocycles. The number of rotatable bonds is 2. The number of aromatic carboxylic acids is 1. The van der Waals surface area contributed by atoms with Gasteiger partial charge in [0.05, 0.1) is 6.04 Å². The van der Waals surface area contributed by atoms with Crippen molar-refractivity contribution >= 4 is 5.97 Å². The summed E-state index contributed by atoms with van der Waals surface area (Å²) >= 11 is 0. The summed E-state index contributed by atoms with van der Waals surface area (Å²) in [6.07, 6.45) is 12.8. The summed E-state index contributed by atoms with van der Waals surface area (Å²) in [6, 6.07) is 0.435. The van der Waals surface area contributed by atoms with Gasteiger partial charge in [-0.25, -0.2) is 4.79 Å². The fourth-order valence-electron chi connectivity index (χ4n) is 3.78. The van der Waals surface area contributed by atoms with Gasteiger partial charge in [-0.15, -0.1) is 0 Å². The number of carboxylic acids is 1. The average molecular weight is 276 g/mol. The molecule has 0 aliphatic heterocycles. The van der Waals surface area contributed by atoms with Crippen molar-refractivity contribution < 1.29 is 9.90 Å². The van der Waals surface area contributed by atoms with Crippen LogP contribution in [-0.2, 0) is 12.8 Å². The molecule has 0 spiro atoms. The van der Waals surface area contributed by atoms with Crippen LogP contribution in [0.1, 0.15) is 85.6 Å². The van der Waals surface area contributed by atoms with E-state index in [1.807, 2.05) is 0 Å². The second-order valence-corrected chi connectivity index (χ2v) is 6.23. The Kier molecular flexibility index (Phi) is 4.08. The highest BCUT2D eigenvalue weighted by Crippen LogP contribution is 2.32. The lowest BCUT2D eigenvalue weighted by Gasteiger charge is -2.24. The number of hydrogen-bond acceptors (Lipinski definition) is 2. The molecule has 1 aromatic rings. The lowest BCUT2D eigenvalue weighted by Crippen LogP contribution is -2.17. The van der Waals surface area contributed by atoms with E-state index in [-0.39, 0.29) is 0 Å². The number of carboxylic acid groups (broad SMARTS) is 1. The predicted octanol–water partition coefficient (Wildman–Crippen LogP) is 3.75. The second kappa shape index (κ2) is 5.98. The average Bonchev–Trinajstić information content (AvgIpc) is 2.77. The minimum atomic E-state index is -0.851. The maximum absolute atomic E-state index is 11.5. The van der Waals surface area contributed by atoms with Crippen LogP contribution in [0.15, 0.2) is 0 Å². The third-order valence-corrected chi connectivity index (χ3v) is 4.83. The Morgan fingerprint density at radius 3 is 2.35 bits per heavy atom. The topological polar surface area (TPSA) is 55.1 Å². The Bertz CT molecular complexity index is 487. The van der Waals surface area contributed by atoms with Gasteiger partial charge in [0.2, 0.25) is 0 Å². The minimum absolute atomic E-state index is 0.326. The Morgan fingerprint density at radius 1 is 1.00 bits per heavy atom. The van der Waals surface area contributed by atoms with Gasteiger partial charge >= 0.3 is 5.97 Å². The highest BCUT2D eigenvalue weighted by atomic mass is 16.4. The van der Waals surface area contributed by atoms with E-state index in [0.29, 0.717) is 11.7 Å². The van der Waals surface area contributed by atoms with Crippen molar-refractivity contribution in [2.75, 3.05) is 0 Å². The molecule has 0 radical (unpaired) electrons. The van der Waals surface area contributed by atoms with Crippen LogP contribution in [0, 0.1) is 0 Å². The number of nitrogens with zero attached hydrogens (tertiary/aromatic N) is 2. The lowest BCUT2D eigenvalue weighted by atomic mass is 9.93. The zero-order valence-electron chi connectivity index (χ0n) is 12.1. The van der Waals surface area contributed by atoms with Gasteiger partial charge in [-0.3, -0.25) is 4.68 Å². The molecule has 20 heavy (non-hydrogen) atoms. The number of hydrogen-bond donors (Lipinski definition) is 1. The SMILES string of the molecule is O=C(O)c1nn(C2CCCCC2)c2c1CCCCCC2. The molecule has 0 atom stereocenters. The molecule has 0 aromatic carbocycles. The van der Waals surface area contributed by atoms with Gasteiger partial charge in [0.1, 0.15) is 0 Å². The fraction of sp³-hybridized carbons (Fsp3) is 0.750. The van der Waals surface area contributed by atoms with Gasteiger partial charge < -0.3 is 5.11 Å². The van der Waals surface area contributed by atoms with E-state index < -0.39 is 5.97 Å². The summed E-state index contributed by atoms with van der Waals surface area (Å²) in [5, 5.41) is 14.0. The van der Waals surface area contributed by atoms with E-state index in [1.54, 1.807) is 0 Å². The molecule has 0 amide bonds. The quantitative estimate of drug-likeness (QED) is 0.895. The van der Waals surface area contributed by atoms with Crippen LogP contribution in [-0.4, -0.2) is 20.9 Å². The number of carbonyl (C=O) groups is 1. The Labute approximate surface area is 120 Å². The molecule has 1 fully saturated rings. The third-order valence-electron chi connectivity index (χ3n) is 4.83. The molecule has 1 heterocycles. The van der Waals surface area contributed by atoms with Crippen LogP contribution in [0.2, 0.25) is 0 Å². The summed E-state index contributed by atoms with van der Waals surface area (Å²) in [4.78, 5) is 11.5. The van der Waals surface area contributed by atoms with Crippen molar-refractivity contribution in [2.45, 2.75) is 76.7 Å². The Hall–Kier alpha value is -1.32. The van der Waals surface area contributed by atoms with Gasteiger partial charge in [0.25, 0.3) is 0 Å². The number of aromatic nitrogens is 2. The first kappa shape index (κ1) is 13.7. The van der Waals surface area contributed by atoms with Crippen LogP contribution in [0.25, 0.3) is 0 Å². The maximum atomic E-state index is 11.5. The summed E-state index contributed by atoms with van der Waals surface area (Å²) in [6.45, 7) is 0. The Balaban J connectivity index is 1.99. The predicted molar refractivity (Wildman–Crippen MR) is 77.2 cm³/mol. The monoisotopic (exact) mass is 276 g/mol. The molecule has 4 heteroatoms. The van der Waals surface area contributed by atoms with Gasteiger partial charge in [-0.2, -0.15) is 5.10 Å². The van der Waals surface area contributed by atoms with Crippen molar-refractivity contribution in [3.05, 3.63) is 17.0 Å². The molecular weight excluding hydrogens is 252 g/mol. The van der Waals surface area contributed by atoms with Crippen LogP contribution in [0.5, 0.6) is 0 Å². The molecule has 3 rings (SSSR count). The standard InChI is InChI=1S/C16H24N2O2/c19-16(20)15-13-10-6-1-2-7-11-14(13)18(17-15)12-8-4-3-5-9-12/h12H,1-11H2,(H,19,20). The summed E-state index contributed by atoms with van der Waals surface area (Å²) in [5.41, 5.74) is 2.59. The second-order valence-electron chi connectivity index (χ2n) is 6.23. The van der Waals surface area contributed by atoms with Crippen LogP contribution < -0.4 is 0 Å². The molecule has 1 N–H and O–H groups in total. The van der Waals surface area contributed by atoms with E-state index in [9.17, 15) is 9.90 Å². The van der Waals surface area contributed by atoms with E-state index in [4.69, 9.17) is 0 Å². The van der Waals surface area contributed by atoms with Crippen molar-refractivity contribution in [3.63, 3.8) is 0 Å². The summed E-state index contributed by atoms with van der Waals surface area (Å²) in [7, 11) is 0. The molecule has 2 aliphatic carbocycles. The molecule has 0 bridgehead atoms. The normalized spacial score (nSPS) is 21.0. The van der Waals surface area contributed by atoms with Gasteiger partial charge in [-0.1, -0.05) is 32.1 Å². The van der Waals surface area contributed by atoms with Crippen LogP contribution in [0.3, 0.4) is 0 Å². The van der Waals surface area contributed by atoms with E-state index in [2.05, 4.69) is 9.78 Å². The van der Waals surface area contributed by atoms with Crippen molar-refractivity contribution in [3.8, 4) is 0 Å². The van der Waals surface area contributed by atoms with Crippen molar-refractivity contribution in [2.24, 2.45) is 0 Å². The number of fused-ring (bicyclic) bond motifs is 1. The van der Waals surface area contributed by atoms with Crippen LogP contribution in [0.4, 0.5) is 0 Å². The highest BCUT2D eigenvalue weighted by Gasteiger charge is 2.27. The highest BCUT2D eigenvalue weighted by molar-refractivity contribution is 5.87. The zero-order valence-corrected chi connectivity index (χ0v) is 12.1. The smallest absolute Gasteiger partial charge is 0.356 e. The third kappa shape index (κ3) is 2.60. The molecule has 1 saturated carbocycles. The largest absolute Gasteiger partial charge is 0.476 e. The molecular formula is C16H24N2O2. The Morgan fingerprint density at radius 2 is 1.65 bits per heavy atom. The van der Waals surface area contributed by atoms with E-state index in [0.717, 1.165) is 37.7 Å². The van der Waals surface area contributed by atoms with E-state index in [1.165, 1.54) is 44.2 Å². The molecule has 0 unspecified atom stereocenters. The van der Waals surface area contributed by atoms with Crippen molar-refractivity contribution in [1.82, 2.24) is 9.78 Å². The molecule has 110 valence electrons. The first-order chi connectivity index (χ1) is 9.77. The molecule has 0 saturated heterocycles. The first-order valence-electron chi connectivity index (χ1n) is 8.11. The zero-order chi connectivity index (χ0) is 13.9. The van der Waals surface area contributed by atoms with Gasteiger partial charge in [0.15, 0.2) is 5.69 Å².